The van der Waals surface area contributed by atoms with Gasteiger partial charge >= 0.3 is 0 Å². The van der Waals surface area contributed by atoms with Gasteiger partial charge in [-0.15, -0.1) is 0 Å². The molecule has 0 aliphatic heterocycles. The highest BCUT2D eigenvalue weighted by molar-refractivity contribution is 5.51. The fourth-order valence-electron chi connectivity index (χ4n) is 1.55. The van der Waals surface area contributed by atoms with Crippen molar-refractivity contribution in [2.45, 2.75) is 39.7 Å². The first-order valence-corrected chi connectivity index (χ1v) is 5.45. The average Bonchev–Trinajstić information content (AvgIpc) is 2.18. The molecule has 1 rings (SSSR count). The quantitative estimate of drug-likeness (QED) is 0.807. The molecule has 0 aromatic carbocycles. The van der Waals surface area contributed by atoms with E-state index in [9.17, 15) is 0 Å². The standard InChI is InChI=1S/C12H20N2O/c1-5-6-9(2)13-12-11(15-4)8-7-10(3)14-12/h7-9H,5-6H2,1-4H3,(H,13,14). The highest BCUT2D eigenvalue weighted by atomic mass is 16.5. The highest BCUT2D eigenvalue weighted by Gasteiger charge is 2.07. The van der Waals surface area contributed by atoms with E-state index in [0.717, 1.165) is 23.7 Å². The number of rotatable bonds is 5. The van der Waals surface area contributed by atoms with Crippen LogP contribution in [0.25, 0.3) is 0 Å². The highest BCUT2D eigenvalue weighted by Crippen LogP contribution is 2.22. The Hall–Kier alpha value is -1.25. The third kappa shape index (κ3) is 3.42. The Bertz CT molecular complexity index is 312. The molecule has 0 saturated carbocycles. The lowest BCUT2D eigenvalue weighted by Crippen LogP contribution is -2.16. The summed E-state index contributed by atoms with van der Waals surface area (Å²) in [5, 5.41) is 3.37. The first-order chi connectivity index (χ1) is 7.17. The lowest BCUT2D eigenvalue weighted by molar-refractivity contribution is 0.414. The van der Waals surface area contributed by atoms with Crippen LogP contribution in [-0.2, 0) is 0 Å². The van der Waals surface area contributed by atoms with E-state index in [2.05, 4.69) is 24.1 Å². The average molecular weight is 208 g/mol. The van der Waals surface area contributed by atoms with Crippen LogP contribution in [0.5, 0.6) is 5.75 Å². The Morgan fingerprint density at radius 1 is 1.47 bits per heavy atom. The van der Waals surface area contributed by atoms with E-state index in [1.165, 1.54) is 6.42 Å². The first-order valence-electron chi connectivity index (χ1n) is 5.45. The van der Waals surface area contributed by atoms with Gasteiger partial charge in [0, 0.05) is 11.7 Å². The molecular formula is C12H20N2O. The molecule has 15 heavy (non-hydrogen) atoms. The van der Waals surface area contributed by atoms with Crippen molar-refractivity contribution in [1.29, 1.82) is 0 Å². The van der Waals surface area contributed by atoms with E-state index in [0.29, 0.717) is 6.04 Å². The van der Waals surface area contributed by atoms with E-state index in [4.69, 9.17) is 4.74 Å². The summed E-state index contributed by atoms with van der Waals surface area (Å²) in [6.45, 7) is 6.32. The van der Waals surface area contributed by atoms with Crippen molar-refractivity contribution in [1.82, 2.24) is 4.98 Å². The van der Waals surface area contributed by atoms with E-state index < -0.39 is 0 Å². The van der Waals surface area contributed by atoms with Crippen molar-refractivity contribution in [3.05, 3.63) is 17.8 Å². The van der Waals surface area contributed by atoms with Crippen LogP contribution < -0.4 is 10.1 Å². The number of hydrogen-bond acceptors (Lipinski definition) is 3. The molecule has 0 saturated heterocycles. The zero-order valence-corrected chi connectivity index (χ0v) is 10.0. The van der Waals surface area contributed by atoms with Gasteiger partial charge in [-0.25, -0.2) is 4.98 Å². The molecule has 1 N–H and O–H groups in total. The van der Waals surface area contributed by atoms with Crippen LogP contribution in [0.4, 0.5) is 5.82 Å². The summed E-state index contributed by atoms with van der Waals surface area (Å²) in [5.41, 5.74) is 1.00. The number of ether oxygens (including phenoxy) is 1. The lowest BCUT2D eigenvalue weighted by Gasteiger charge is -2.16. The van der Waals surface area contributed by atoms with Crippen molar-refractivity contribution in [3.8, 4) is 5.75 Å². The summed E-state index contributed by atoms with van der Waals surface area (Å²) in [7, 11) is 1.67. The van der Waals surface area contributed by atoms with Gasteiger partial charge in [0.05, 0.1) is 7.11 Å². The first kappa shape index (κ1) is 11.8. The predicted molar refractivity (Wildman–Crippen MR) is 63.5 cm³/mol. The minimum Gasteiger partial charge on any atom is -0.493 e. The zero-order valence-electron chi connectivity index (χ0n) is 10.0. The predicted octanol–water partition coefficient (Wildman–Crippen LogP) is 3.00. The Morgan fingerprint density at radius 2 is 2.20 bits per heavy atom. The van der Waals surface area contributed by atoms with Crippen LogP contribution in [-0.4, -0.2) is 18.1 Å². The molecule has 1 unspecified atom stereocenters. The molecule has 3 heteroatoms. The summed E-state index contributed by atoms with van der Waals surface area (Å²) >= 11 is 0. The summed E-state index contributed by atoms with van der Waals surface area (Å²) in [6.07, 6.45) is 2.31. The fraction of sp³-hybridized carbons (Fsp3) is 0.583. The molecule has 1 aromatic rings. The van der Waals surface area contributed by atoms with Gasteiger partial charge in [-0.05, 0) is 32.4 Å². The van der Waals surface area contributed by atoms with E-state index in [1.54, 1.807) is 7.11 Å². The molecule has 0 aliphatic rings. The molecule has 0 aliphatic carbocycles. The molecule has 0 fully saturated rings. The minimum absolute atomic E-state index is 0.429. The Kier molecular flexibility index (Phi) is 4.40. The molecule has 84 valence electrons. The molecule has 1 heterocycles. The van der Waals surface area contributed by atoms with Gasteiger partial charge in [-0.3, -0.25) is 0 Å². The minimum atomic E-state index is 0.429. The SMILES string of the molecule is CCCC(C)Nc1nc(C)ccc1OC. The van der Waals surface area contributed by atoms with Gasteiger partial charge in [0.25, 0.3) is 0 Å². The number of nitrogens with zero attached hydrogens (tertiary/aromatic N) is 1. The summed E-state index contributed by atoms with van der Waals surface area (Å²) in [6, 6.07) is 4.33. The third-order valence-corrected chi connectivity index (χ3v) is 2.32. The molecule has 0 bridgehead atoms. The second-order valence-corrected chi connectivity index (χ2v) is 3.84. The molecule has 1 aromatic heterocycles. The number of pyridine rings is 1. The number of aromatic nitrogens is 1. The van der Waals surface area contributed by atoms with E-state index >= 15 is 0 Å². The van der Waals surface area contributed by atoms with Crippen molar-refractivity contribution in [2.75, 3.05) is 12.4 Å². The third-order valence-electron chi connectivity index (χ3n) is 2.32. The van der Waals surface area contributed by atoms with Gasteiger partial charge in [0.15, 0.2) is 11.6 Å². The Morgan fingerprint density at radius 3 is 2.80 bits per heavy atom. The van der Waals surface area contributed by atoms with Crippen molar-refractivity contribution >= 4 is 5.82 Å². The van der Waals surface area contributed by atoms with Gasteiger partial charge in [-0.2, -0.15) is 0 Å². The summed E-state index contributed by atoms with van der Waals surface area (Å²) in [5.74, 6) is 1.65. The Labute approximate surface area is 91.9 Å². The van der Waals surface area contributed by atoms with E-state index in [1.807, 2.05) is 19.1 Å². The maximum Gasteiger partial charge on any atom is 0.169 e. The normalized spacial score (nSPS) is 12.3. The molecule has 3 nitrogen and oxygen atoms in total. The van der Waals surface area contributed by atoms with Crippen molar-refractivity contribution in [2.24, 2.45) is 0 Å². The number of methoxy groups -OCH3 is 1. The van der Waals surface area contributed by atoms with Gasteiger partial charge in [0.2, 0.25) is 0 Å². The van der Waals surface area contributed by atoms with Crippen LogP contribution >= 0.6 is 0 Å². The number of hydrogen-bond donors (Lipinski definition) is 1. The second kappa shape index (κ2) is 5.59. The number of anilines is 1. The summed E-state index contributed by atoms with van der Waals surface area (Å²) in [4.78, 5) is 4.43. The van der Waals surface area contributed by atoms with Crippen LogP contribution in [0.2, 0.25) is 0 Å². The van der Waals surface area contributed by atoms with Crippen molar-refractivity contribution in [3.63, 3.8) is 0 Å². The fourth-order valence-corrected chi connectivity index (χ4v) is 1.55. The van der Waals surface area contributed by atoms with Gasteiger partial charge in [-0.1, -0.05) is 13.3 Å². The van der Waals surface area contributed by atoms with Crippen molar-refractivity contribution < 1.29 is 4.74 Å². The second-order valence-electron chi connectivity index (χ2n) is 3.84. The topological polar surface area (TPSA) is 34.2 Å². The number of aryl methyl sites for hydroxylation is 1. The van der Waals surface area contributed by atoms with Gasteiger partial charge < -0.3 is 10.1 Å². The molecular weight excluding hydrogens is 188 g/mol. The monoisotopic (exact) mass is 208 g/mol. The molecule has 0 radical (unpaired) electrons. The van der Waals surface area contributed by atoms with Crippen LogP contribution in [0.15, 0.2) is 12.1 Å². The summed E-state index contributed by atoms with van der Waals surface area (Å²) < 4.78 is 5.25. The largest absolute Gasteiger partial charge is 0.493 e. The Balaban J connectivity index is 2.77. The molecule has 0 spiro atoms. The maximum atomic E-state index is 5.25. The molecule has 0 amide bonds. The van der Waals surface area contributed by atoms with Crippen LogP contribution in [0, 0.1) is 6.92 Å². The molecule has 1 atom stereocenters. The lowest BCUT2D eigenvalue weighted by atomic mass is 10.2. The number of nitrogens with one attached hydrogen (secondary N) is 1. The smallest absolute Gasteiger partial charge is 0.169 e. The van der Waals surface area contributed by atoms with E-state index in [-0.39, 0.29) is 0 Å². The van der Waals surface area contributed by atoms with Crippen LogP contribution in [0.3, 0.4) is 0 Å². The van der Waals surface area contributed by atoms with Gasteiger partial charge in [0.1, 0.15) is 0 Å². The zero-order chi connectivity index (χ0) is 11.3. The van der Waals surface area contributed by atoms with Crippen LogP contribution in [0.1, 0.15) is 32.4 Å². The maximum absolute atomic E-state index is 5.25.